The number of halogens is 3. The zero-order chi connectivity index (χ0) is 19.2. The van der Waals surface area contributed by atoms with Gasteiger partial charge in [0.1, 0.15) is 5.82 Å². The molecular formula is C16H18F3N5O2. The number of hydrogen-bond acceptors (Lipinski definition) is 5. The van der Waals surface area contributed by atoms with Gasteiger partial charge in [-0.05, 0) is 25.0 Å². The maximum absolute atomic E-state index is 12.6. The summed E-state index contributed by atoms with van der Waals surface area (Å²) in [6.07, 6.45) is -4.13. The Bertz CT molecular complexity index is 751. The molecule has 0 aliphatic carbocycles. The number of rotatable bonds is 7. The van der Waals surface area contributed by atoms with E-state index in [-0.39, 0.29) is 5.95 Å². The van der Waals surface area contributed by atoms with Gasteiger partial charge < -0.3 is 21.5 Å². The van der Waals surface area contributed by atoms with Crippen LogP contribution >= 0.6 is 0 Å². The van der Waals surface area contributed by atoms with Crippen molar-refractivity contribution in [2.45, 2.75) is 19.0 Å². The number of aromatic nitrogens is 2. The molecule has 0 bridgehead atoms. The molecule has 10 heteroatoms. The van der Waals surface area contributed by atoms with Crippen LogP contribution in [0.2, 0.25) is 0 Å². The van der Waals surface area contributed by atoms with Gasteiger partial charge in [-0.1, -0.05) is 12.1 Å². The molecule has 26 heavy (non-hydrogen) atoms. The molecular weight excluding hydrogens is 351 g/mol. The third-order valence-electron chi connectivity index (χ3n) is 3.44. The van der Waals surface area contributed by atoms with Gasteiger partial charge >= 0.3 is 12.3 Å². The van der Waals surface area contributed by atoms with Gasteiger partial charge in [0.2, 0.25) is 5.95 Å². The summed E-state index contributed by atoms with van der Waals surface area (Å²) in [5, 5.41) is 13.8. The summed E-state index contributed by atoms with van der Waals surface area (Å²) in [6.45, 7) is 0.879. The second kappa shape index (κ2) is 8.37. The Morgan fingerprint density at radius 3 is 2.38 bits per heavy atom. The smallest absolute Gasteiger partial charge is 0.416 e. The molecule has 0 radical (unpaired) electrons. The number of anilines is 2. The topological polar surface area (TPSA) is 113 Å². The molecule has 1 aromatic heterocycles. The number of carboxylic acid groups (broad SMARTS) is 1. The first-order valence-corrected chi connectivity index (χ1v) is 7.78. The van der Waals surface area contributed by atoms with Gasteiger partial charge in [-0.15, -0.1) is 0 Å². The summed E-state index contributed by atoms with van der Waals surface area (Å²) in [6, 6.07) is 6.21. The fraction of sp³-hybridized carbons (Fsp3) is 0.312. The molecule has 0 unspecified atom stereocenters. The average Bonchev–Trinajstić information content (AvgIpc) is 2.56. The van der Waals surface area contributed by atoms with E-state index >= 15 is 0 Å². The predicted octanol–water partition coefficient (Wildman–Crippen LogP) is 3.20. The van der Waals surface area contributed by atoms with Crippen LogP contribution in [0.15, 0.2) is 30.3 Å². The Labute approximate surface area is 147 Å². The zero-order valence-electron chi connectivity index (χ0n) is 13.7. The lowest BCUT2D eigenvalue weighted by Crippen LogP contribution is -2.22. The summed E-state index contributed by atoms with van der Waals surface area (Å²) in [4.78, 5) is 18.4. The highest BCUT2D eigenvalue weighted by Crippen LogP contribution is 2.31. The first kappa shape index (κ1) is 19.3. The summed E-state index contributed by atoms with van der Waals surface area (Å²) >= 11 is 0. The van der Waals surface area contributed by atoms with E-state index in [0.717, 1.165) is 12.1 Å². The Kier molecular flexibility index (Phi) is 6.21. The van der Waals surface area contributed by atoms with Crippen LogP contribution in [0.25, 0.3) is 11.3 Å². The van der Waals surface area contributed by atoms with Crippen LogP contribution < -0.4 is 16.4 Å². The monoisotopic (exact) mass is 369 g/mol. The molecule has 7 nitrogen and oxygen atoms in total. The van der Waals surface area contributed by atoms with Gasteiger partial charge in [-0.25, -0.2) is 9.78 Å². The number of nitrogen functional groups attached to an aromatic ring is 1. The van der Waals surface area contributed by atoms with Crippen molar-refractivity contribution in [1.82, 2.24) is 15.3 Å². The SMILES string of the molecule is Nc1nc(NCCCCNC(=O)O)cc(-c2ccc(C(F)(F)F)cc2)n1. The molecule has 1 heterocycles. The summed E-state index contributed by atoms with van der Waals surface area (Å²) in [5.74, 6) is 0.441. The van der Waals surface area contributed by atoms with E-state index in [1.807, 2.05) is 0 Å². The molecule has 1 amide bonds. The molecule has 0 saturated carbocycles. The molecule has 2 aromatic rings. The Balaban J connectivity index is 1.99. The maximum Gasteiger partial charge on any atom is 0.416 e. The number of hydrogen-bond donors (Lipinski definition) is 4. The molecule has 2 rings (SSSR count). The Hall–Kier alpha value is -3.04. The predicted molar refractivity (Wildman–Crippen MR) is 90.6 cm³/mol. The second-order valence-corrected chi connectivity index (χ2v) is 5.44. The molecule has 0 atom stereocenters. The van der Waals surface area contributed by atoms with Crippen molar-refractivity contribution < 1.29 is 23.1 Å². The number of alkyl halides is 3. The number of nitrogens with two attached hydrogens (primary N) is 1. The minimum absolute atomic E-state index is 0.00237. The Morgan fingerprint density at radius 1 is 1.12 bits per heavy atom. The van der Waals surface area contributed by atoms with Crippen molar-refractivity contribution in [3.05, 3.63) is 35.9 Å². The molecule has 0 fully saturated rings. The quantitative estimate of drug-likeness (QED) is 0.558. The highest BCUT2D eigenvalue weighted by atomic mass is 19.4. The Morgan fingerprint density at radius 2 is 1.77 bits per heavy atom. The van der Waals surface area contributed by atoms with Gasteiger partial charge in [0.15, 0.2) is 0 Å². The lowest BCUT2D eigenvalue weighted by Gasteiger charge is -2.10. The van der Waals surface area contributed by atoms with E-state index in [1.54, 1.807) is 6.07 Å². The maximum atomic E-state index is 12.6. The van der Waals surface area contributed by atoms with Crippen LogP contribution in [0.1, 0.15) is 18.4 Å². The third-order valence-corrected chi connectivity index (χ3v) is 3.44. The molecule has 5 N–H and O–H groups in total. The van der Waals surface area contributed by atoms with Crippen molar-refractivity contribution in [2.75, 3.05) is 24.1 Å². The summed E-state index contributed by atoms with van der Waals surface area (Å²) in [7, 11) is 0. The number of unbranched alkanes of at least 4 members (excludes halogenated alkanes) is 1. The van der Waals surface area contributed by atoms with Crippen LogP contribution in [-0.2, 0) is 6.18 Å². The number of nitrogens with one attached hydrogen (secondary N) is 2. The van der Waals surface area contributed by atoms with E-state index in [4.69, 9.17) is 10.8 Å². The fourth-order valence-electron chi connectivity index (χ4n) is 2.20. The number of benzene rings is 1. The van der Waals surface area contributed by atoms with E-state index in [0.29, 0.717) is 43.0 Å². The number of carbonyl (C=O) groups is 1. The minimum Gasteiger partial charge on any atom is -0.465 e. The zero-order valence-corrected chi connectivity index (χ0v) is 13.7. The summed E-state index contributed by atoms with van der Waals surface area (Å²) < 4.78 is 37.9. The van der Waals surface area contributed by atoms with Crippen molar-refractivity contribution in [1.29, 1.82) is 0 Å². The van der Waals surface area contributed by atoms with Gasteiger partial charge in [-0.2, -0.15) is 18.2 Å². The molecule has 0 spiro atoms. The van der Waals surface area contributed by atoms with Crippen molar-refractivity contribution in [2.24, 2.45) is 0 Å². The highest BCUT2D eigenvalue weighted by Gasteiger charge is 2.30. The summed E-state index contributed by atoms with van der Waals surface area (Å²) in [5.41, 5.74) is 5.82. The van der Waals surface area contributed by atoms with E-state index < -0.39 is 17.8 Å². The number of nitrogens with zero attached hydrogens (tertiary/aromatic N) is 2. The van der Waals surface area contributed by atoms with Gasteiger partial charge in [0.05, 0.1) is 11.3 Å². The normalized spacial score (nSPS) is 11.2. The first-order valence-electron chi connectivity index (χ1n) is 7.78. The van der Waals surface area contributed by atoms with Crippen LogP contribution in [0, 0.1) is 0 Å². The lowest BCUT2D eigenvalue weighted by atomic mass is 10.1. The van der Waals surface area contributed by atoms with Crippen LogP contribution in [0.3, 0.4) is 0 Å². The van der Waals surface area contributed by atoms with Gasteiger partial charge in [0.25, 0.3) is 0 Å². The highest BCUT2D eigenvalue weighted by molar-refractivity contribution is 5.64. The molecule has 0 aliphatic heterocycles. The van der Waals surface area contributed by atoms with Crippen molar-refractivity contribution in [3.63, 3.8) is 0 Å². The molecule has 1 aromatic carbocycles. The third kappa shape index (κ3) is 5.80. The van der Waals surface area contributed by atoms with Crippen LogP contribution in [0.5, 0.6) is 0 Å². The van der Waals surface area contributed by atoms with Crippen LogP contribution in [0.4, 0.5) is 29.7 Å². The average molecular weight is 369 g/mol. The minimum atomic E-state index is -4.40. The van der Waals surface area contributed by atoms with Crippen molar-refractivity contribution >= 4 is 17.9 Å². The van der Waals surface area contributed by atoms with Crippen LogP contribution in [-0.4, -0.2) is 34.3 Å². The standard InChI is InChI=1S/C16H18F3N5O2/c17-16(18,19)11-5-3-10(4-6-11)12-9-13(24-14(20)23-12)21-7-1-2-8-22-15(25)26/h3-6,9,22H,1-2,7-8H2,(H,25,26)(H3,20,21,23,24). The lowest BCUT2D eigenvalue weighted by molar-refractivity contribution is -0.137. The van der Waals surface area contributed by atoms with E-state index in [1.165, 1.54) is 12.1 Å². The molecule has 140 valence electrons. The fourth-order valence-corrected chi connectivity index (χ4v) is 2.20. The van der Waals surface area contributed by atoms with Gasteiger partial charge in [0, 0.05) is 24.7 Å². The molecule has 0 saturated heterocycles. The largest absolute Gasteiger partial charge is 0.465 e. The first-order chi connectivity index (χ1) is 12.3. The number of amides is 1. The van der Waals surface area contributed by atoms with Gasteiger partial charge in [-0.3, -0.25) is 0 Å². The van der Waals surface area contributed by atoms with Crippen molar-refractivity contribution in [3.8, 4) is 11.3 Å². The van der Waals surface area contributed by atoms with E-state index in [2.05, 4.69) is 20.6 Å². The van der Waals surface area contributed by atoms with E-state index in [9.17, 15) is 18.0 Å². The second-order valence-electron chi connectivity index (χ2n) is 5.44. The molecule has 0 aliphatic rings.